The molecule has 0 unspecified atom stereocenters. The number of aromatic nitrogens is 3. The van der Waals surface area contributed by atoms with E-state index in [9.17, 15) is 4.79 Å². The molecule has 0 aliphatic carbocycles. The first-order chi connectivity index (χ1) is 13.5. The Bertz CT molecular complexity index is 1220. The average molecular weight is 457 g/mol. The first kappa shape index (κ1) is 18.6. The van der Waals surface area contributed by atoms with Crippen LogP contribution in [-0.2, 0) is 0 Å². The molecule has 2 aromatic carbocycles. The molecule has 0 radical (unpaired) electrons. The Morgan fingerprint density at radius 1 is 1.29 bits per heavy atom. The number of thiazole rings is 1. The third kappa shape index (κ3) is 3.65. The Morgan fingerprint density at radius 3 is 2.82 bits per heavy atom. The van der Waals surface area contributed by atoms with Crippen LogP contribution in [0.25, 0.3) is 15.9 Å². The highest BCUT2D eigenvalue weighted by Crippen LogP contribution is 2.30. The lowest BCUT2D eigenvalue weighted by Crippen LogP contribution is -2.17. The van der Waals surface area contributed by atoms with Gasteiger partial charge < -0.3 is 4.74 Å². The maximum Gasteiger partial charge on any atom is 0.280 e. The van der Waals surface area contributed by atoms with E-state index in [0.29, 0.717) is 17.3 Å². The number of H-pyrrole nitrogens is 1. The zero-order valence-electron chi connectivity index (χ0n) is 15.3. The van der Waals surface area contributed by atoms with Crippen molar-refractivity contribution in [1.29, 1.82) is 0 Å². The number of aliphatic imine (C=N–C) groups is 1. The summed E-state index contributed by atoms with van der Waals surface area (Å²) >= 11 is 4.86. The van der Waals surface area contributed by atoms with E-state index in [-0.39, 0.29) is 5.56 Å². The van der Waals surface area contributed by atoms with E-state index in [1.807, 2.05) is 56.3 Å². The normalized spacial score (nSPS) is 11.5. The Hall–Kier alpha value is -2.71. The van der Waals surface area contributed by atoms with Crippen LogP contribution in [0, 0.1) is 6.92 Å². The van der Waals surface area contributed by atoms with Crippen LogP contribution in [0.3, 0.4) is 0 Å². The van der Waals surface area contributed by atoms with Gasteiger partial charge in [-0.2, -0.15) is 0 Å². The molecule has 1 N–H and O–H groups in total. The second kappa shape index (κ2) is 7.73. The lowest BCUT2D eigenvalue weighted by atomic mass is 10.3. The minimum atomic E-state index is -0.150. The van der Waals surface area contributed by atoms with Gasteiger partial charge in [0.1, 0.15) is 5.75 Å². The standard InChI is InChI=1S/C20H17BrN4O2S/c1-3-27-15-8-9-17-18(10-15)28-20(23-17)22-11-16-12(2)24-25(19(16)26)14-6-4-13(21)5-7-14/h4-11,24H,3H2,1-2H3. The number of aromatic amines is 1. The van der Waals surface area contributed by atoms with Crippen molar-refractivity contribution in [2.75, 3.05) is 6.61 Å². The summed E-state index contributed by atoms with van der Waals surface area (Å²) in [6.07, 6.45) is 1.57. The number of hydrogen-bond acceptors (Lipinski definition) is 5. The van der Waals surface area contributed by atoms with Crippen LogP contribution in [0.4, 0.5) is 5.13 Å². The predicted molar refractivity (Wildman–Crippen MR) is 117 cm³/mol. The molecule has 0 saturated carbocycles. The van der Waals surface area contributed by atoms with Crippen LogP contribution in [0.1, 0.15) is 18.2 Å². The number of aryl methyl sites for hydroxylation is 1. The topological polar surface area (TPSA) is 72.3 Å². The Labute approximate surface area is 173 Å². The molecule has 142 valence electrons. The second-order valence-electron chi connectivity index (χ2n) is 6.08. The van der Waals surface area contributed by atoms with Crippen molar-refractivity contribution in [3.05, 3.63) is 68.5 Å². The molecular formula is C20H17BrN4O2S. The van der Waals surface area contributed by atoms with Crippen molar-refractivity contribution < 1.29 is 4.74 Å². The van der Waals surface area contributed by atoms with Gasteiger partial charge in [-0.25, -0.2) is 14.7 Å². The molecule has 0 bridgehead atoms. The summed E-state index contributed by atoms with van der Waals surface area (Å²) in [7, 11) is 0. The van der Waals surface area contributed by atoms with Crippen LogP contribution in [0.5, 0.6) is 5.75 Å². The summed E-state index contributed by atoms with van der Waals surface area (Å²) in [5, 5.41) is 3.69. The third-order valence-corrected chi connectivity index (χ3v) is 5.62. The van der Waals surface area contributed by atoms with E-state index in [4.69, 9.17) is 4.74 Å². The summed E-state index contributed by atoms with van der Waals surface area (Å²) in [5.41, 5.74) is 2.73. The number of benzene rings is 2. The molecule has 0 aliphatic rings. The molecular weight excluding hydrogens is 440 g/mol. The Balaban J connectivity index is 1.65. The number of fused-ring (bicyclic) bond motifs is 1. The Morgan fingerprint density at radius 2 is 2.07 bits per heavy atom. The highest BCUT2D eigenvalue weighted by Gasteiger charge is 2.11. The molecule has 2 aromatic heterocycles. The van der Waals surface area contributed by atoms with E-state index in [0.717, 1.165) is 31.8 Å². The van der Waals surface area contributed by atoms with Crippen molar-refractivity contribution in [3.8, 4) is 11.4 Å². The maximum absolute atomic E-state index is 12.8. The number of hydrogen-bond donors (Lipinski definition) is 1. The molecule has 0 aliphatic heterocycles. The third-order valence-electron chi connectivity index (χ3n) is 4.17. The van der Waals surface area contributed by atoms with Gasteiger partial charge in [-0.05, 0) is 56.3 Å². The number of ether oxygens (including phenoxy) is 1. The van der Waals surface area contributed by atoms with Gasteiger partial charge in [0.25, 0.3) is 5.56 Å². The van der Waals surface area contributed by atoms with Crippen LogP contribution < -0.4 is 10.3 Å². The monoisotopic (exact) mass is 456 g/mol. The van der Waals surface area contributed by atoms with Gasteiger partial charge in [-0.1, -0.05) is 27.3 Å². The van der Waals surface area contributed by atoms with E-state index in [1.165, 1.54) is 16.0 Å². The maximum atomic E-state index is 12.8. The largest absolute Gasteiger partial charge is 0.494 e. The molecule has 0 amide bonds. The van der Waals surface area contributed by atoms with E-state index >= 15 is 0 Å². The summed E-state index contributed by atoms with van der Waals surface area (Å²) in [6.45, 7) is 4.42. The molecule has 4 aromatic rings. The van der Waals surface area contributed by atoms with Gasteiger partial charge in [-0.3, -0.25) is 9.89 Å². The van der Waals surface area contributed by atoms with Gasteiger partial charge in [-0.15, -0.1) is 0 Å². The highest BCUT2D eigenvalue weighted by atomic mass is 79.9. The van der Waals surface area contributed by atoms with Crippen molar-refractivity contribution in [2.24, 2.45) is 4.99 Å². The molecule has 6 nitrogen and oxygen atoms in total. The van der Waals surface area contributed by atoms with Crippen molar-refractivity contribution in [3.63, 3.8) is 0 Å². The number of rotatable bonds is 5. The van der Waals surface area contributed by atoms with Gasteiger partial charge >= 0.3 is 0 Å². The van der Waals surface area contributed by atoms with Crippen LogP contribution in [-0.4, -0.2) is 27.6 Å². The number of nitrogens with zero attached hydrogens (tertiary/aromatic N) is 3. The lowest BCUT2D eigenvalue weighted by Gasteiger charge is -2.00. The first-order valence-corrected chi connectivity index (χ1v) is 10.3. The first-order valence-electron chi connectivity index (χ1n) is 8.70. The summed E-state index contributed by atoms with van der Waals surface area (Å²) in [4.78, 5) is 21.7. The number of nitrogens with one attached hydrogen (secondary N) is 1. The summed E-state index contributed by atoms with van der Waals surface area (Å²) in [6, 6.07) is 13.3. The number of halogens is 1. The zero-order valence-corrected chi connectivity index (χ0v) is 17.7. The highest BCUT2D eigenvalue weighted by molar-refractivity contribution is 9.10. The van der Waals surface area contributed by atoms with Gasteiger partial charge in [0.05, 0.1) is 28.1 Å². The van der Waals surface area contributed by atoms with E-state index in [2.05, 4.69) is 31.0 Å². The van der Waals surface area contributed by atoms with E-state index in [1.54, 1.807) is 6.21 Å². The molecule has 8 heteroatoms. The fraction of sp³-hybridized carbons (Fsp3) is 0.150. The fourth-order valence-corrected chi connectivity index (χ4v) is 3.91. The van der Waals surface area contributed by atoms with Crippen LogP contribution in [0.15, 0.2) is 56.7 Å². The molecule has 2 heterocycles. The Kier molecular flexibility index (Phi) is 5.15. The van der Waals surface area contributed by atoms with Crippen LogP contribution >= 0.6 is 27.3 Å². The molecule has 0 fully saturated rings. The van der Waals surface area contributed by atoms with Gasteiger partial charge in [0, 0.05) is 16.4 Å². The molecule has 4 rings (SSSR count). The minimum Gasteiger partial charge on any atom is -0.494 e. The molecule has 0 saturated heterocycles. The SMILES string of the molecule is CCOc1ccc2nc(N=Cc3c(C)[nH]n(-c4ccc(Br)cc4)c3=O)sc2c1. The van der Waals surface area contributed by atoms with Gasteiger partial charge in [0.15, 0.2) is 0 Å². The second-order valence-corrected chi connectivity index (χ2v) is 8.01. The van der Waals surface area contributed by atoms with Crippen molar-refractivity contribution in [1.82, 2.24) is 14.8 Å². The molecule has 28 heavy (non-hydrogen) atoms. The summed E-state index contributed by atoms with van der Waals surface area (Å²) in [5.74, 6) is 0.813. The summed E-state index contributed by atoms with van der Waals surface area (Å²) < 4.78 is 8.99. The fourth-order valence-electron chi connectivity index (χ4n) is 2.81. The molecule has 0 spiro atoms. The van der Waals surface area contributed by atoms with Crippen molar-refractivity contribution >= 4 is 48.8 Å². The zero-order chi connectivity index (χ0) is 19.7. The predicted octanol–water partition coefficient (Wildman–Crippen LogP) is 5.00. The van der Waals surface area contributed by atoms with Crippen molar-refractivity contribution in [2.45, 2.75) is 13.8 Å². The molecule has 0 atom stereocenters. The van der Waals surface area contributed by atoms with Crippen LogP contribution in [0.2, 0.25) is 0 Å². The quantitative estimate of drug-likeness (QED) is 0.429. The van der Waals surface area contributed by atoms with E-state index < -0.39 is 0 Å². The minimum absolute atomic E-state index is 0.150. The average Bonchev–Trinajstić information content (AvgIpc) is 3.21. The van der Waals surface area contributed by atoms with Gasteiger partial charge in [0.2, 0.25) is 5.13 Å². The lowest BCUT2D eigenvalue weighted by molar-refractivity contribution is 0.341. The smallest absolute Gasteiger partial charge is 0.280 e.